The van der Waals surface area contributed by atoms with Crippen molar-refractivity contribution in [1.82, 2.24) is 29.9 Å². The van der Waals surface area contributed by atoms with Crippen molar-refractivity contribution in [2.75, 3.05) is 33.7 Å². The van der Waals surface area contributed by atoms with Gasteiger partial charge in [0.25, 0.3) is 5.91 Å². The first-order valence-electron chi connectivity index (χ1n) is 29.4. The molecule has 0 atom stereocenters. The zero-order valence-corrected chi connectivity index (χ0v) is 48.9. The molecule has 2 fully saturated rings. The highest BCUT2D eigenvalue weighted by atomic mass is 16.5. The second kappa shape index (κ2) is 25.9. The minimum Gasteiger partial charge on any atom is -0.497 e. The van der Waals surface area contributed by atoms with Crippen molar-refractivity contribution in [2.45, 2.75) is 150 Å². The van der Waals surface area contributed by atoms with Gasteiger partial charge >= 0.3 is 0 Å². The Morgan fingerprint density at radius 1 is 0.622 bits per heavy atom. The molecule has 2 saturated carbocycles. The van der Waals surface area contributed by atoms with Crippen molar-refractivity contribution < 1.29 is 14.3 Å². The molecule has 1 amide bonds. The normalized spacial score (nSPS) is 13.9. The lowest BCUT2D eigenvalue weighted by molar-refractivity contribution is 0.0991. The number of anilines is 7. The van der Waals surface area contributed by atoms with Crippen molar-refractivity contribution in [2.24, 2.45) is 0 Å². The first kappa shape index (κ1) is 56.7. The fourth-order valence-corrected chi connectivity index (χ4v) is 12.1. The molecule has 0 radical (unpaired) electrons. The summed E-state index contributed by atoms with van der Waals surface area (Å²) in [6.45, 7) is 15.7. The average Bonchev–Trinajstić information content (AvgIpc) is 4.05. The number of nitrogens with one attached hydrogen (secondary N) is 6. The monoisotopic (exact) mass is 1100 g/mol. The van der Waals surface area contributed by atoms with Gasteiger partial charge in [0.05, 0.1) is 35.8 Å². The largest absolute Gasteiger partial charge is 0.497 e. The molecule has 9 aromatic rings. The number of amides is 1. The molecule has 424 valence electrons. The van der Waals surface area contributed by atoms with E-state index in [-0.39, 0.29) is 11.7 Å². The van der Waals surface area contributed by atoms with Crippen LogP contribution in [-0.2, 0) is 13.0 Å². The summed E-state index contributed by atoms with van der Waals surface area (Å²) in [6, 6.07) is 38.6. The predicted molar refractivity (Wildman–Crippen MR) is 335 cm³/mol. The first-order valence-corrected chi connectivity index (χ1v) is 29.4. The van der Waals surface area contributed by atoms with Gasteiger partial charge in [-0.05, 0) is 164 Å². The quantitative estimate of drug-likeness (QED) is 0.0451. The number of Topliss-reactive ketones (excluding diaryl/α,β-unsaturated/α-hetero) is 1. The second-order valence-electron chi connectivity index (χ2n) is 23.0. The minimum absolute atomic E-state index is 0.103. The van der Waals surface area contributed by atoms with Gasteiger partial charge in [-0.15, -0.1) is 0 Å². The average molecular weight is 1100 g/mol. The maximum absolute atomic E-state index is 13.5. The Morgan fingerprint density at radius 3 is 1.85 bits per heavy atom. The van der Waals surface area contributed by atoms with Crippen LogP contribution in [0.25, 0.3) is 22.1 Å². The Labute approximate surface area is 482 Å². The molecule has 82 heavy (non-hydrogen) atoms. The van der Waals surface area contributed by atoms with E-state index in [2.05, 4.69) is 121 Å². The van der Waals surface area contributed by atoms with E-state index in [9.17, 15) is 9.59 Å². The number of ketones is 1. The zero-order chi connectivity index (χ0) is 57.3. The number of hydrogen-bond acceptors (Lipinski definition) is 11. The predicted octanol–water partition coefficient (Wildman–Crippen LogP) is 16.3. The third-order valence-corrected chi connectivity index (χ3v) is 16.1. The Kier molecular flexibility index (Phi) is 18.0. The molecule has 0 spiro atoms. The highest BCUT2D eigenvalue weighted by molar-refractivity contribution is 6.06. The summed E-state index contributed by atoms with van der Waals surface area (Å²) in [6.07, 6.45) is 16.1. The number of aromatic nitrogens is 6. The van der Waals surface area contributed by atoms with E-state index >= 15 is 0 Å². The summed E-state index contributed by atoms with van der Waals surface area (Å²) in [7, 11) is 1.68. The molecule has 6 N–H and O–H groups in total. The lowest BCUT2D eigenvalue weighted by atomic mass is 9.90. The lowest BCUT2D eigenvalue weighted by Gasteiger charge is -2.23. The Balaban J connectivity index is 0.000000189. The molecule has 0 bridgehead atoms. The number of rotatable bonds is 18. The van der Waals surface area contributed by atoms with Crippen LogP contribution >= 0.6 is 0 Å². The lowest BCUT2D eigenvalue weighted by Crippen LogP contribution is -2.22. The zero-order valence-electron chi connectivity index (χ0n) is 48.9. The van der Waals surface area contributed by atoms with Crippen molar-refractivity contribution in [3.63, 3.8) is 0 Å². The molecule has 2 aliphatic rings. The number of pyridine rings is 2. The summed E-state index contributed by atoms with van der Waals surface area (Å²) in [5.41, 5.74) is 15.6. The number of methoxy groups -OCH3 is 1. The standard InChI is InChI=1S/C39H45N5O2.C29H34N6O/c1-25(2)36-26(3)20-29(21-27(36)4)22-35(45)30-10-9-13-32(23-30)41-34-18-19-40-39-37(34)38(42-31-11-7-6-8-12-31)43-44(39)24-28-14-16-33(46-5)17-15-28;1-18(2)24-13-12-23(16-19(24)3)33-29(36)20-8-7-11-22(17-20)31-25-14-15-30-27-26(25)28(35-34-27)32-21-9-5-4-6-10-21/h9-10,13-21,23,25,31H,6-8,11-12,22,24H2,1-5H3,(H,40,41)(H,42,43);7-8,11-18,21H,4-6,9-10H2,1-3H3,(H,33,36)(H3,30,31,32,34,35). The summed E-state index contributed by atoms with van der Waals surface area (Å²) < 4.78 is 7.32. The highest BCUT2D eigenvalue weighted by Gasteiger charge is 2.23. The summed E-state index contributed by atoms with van der Waals surface area (Å²) >= 11 is 0. The summed E-state index contributed by atoms with van der Waals surface area (Å²) in [5, 5.41) is 32.0. The Bertz CT molecular complexity index is 3660. The third-order valence-electron chi connectivity index (χ3n) is 16.1. The number of H-pyrrole nitrogens is 1. The molecule has 0 saturated heterocycles. The SMILES string of the molecule is COc1ccc(Cn2nc(NC3CCCCC3)c3c(Nc4cccc(C(=O)Cc5cc(C)c(C(C)C)c(C)c5)c4)ccnc32)cc1.Cc1cc(NC(=O)c2cccc(Nc3ccnc4[nH]nc(NC5CCCCC5)c34)c2)ccc1C(C)C. The molecule has 0 unspecified atom stereocenters. The minimum atomic E-state index is -0.141. The molecular formula is C68H79N11O3. The smallest absolute Gasteiger partial charge is 0.255 e. The van der Waals surface area contributed by atoms with Gasteiger partial charge in [0.2, 0.25) is 0 Å². The van der Waals surface area contributed by atoms with Crippen LogP contribution in [0.5, 0.6) is 5.75 Å². The number of hydrogen-bond donors (Lipinski definition) is 6. The number of benzene rings is 5. The molecule has 14 nitrogen and oxygen atoms in total. The number of aryl methyl sites for hydroxylation is 3. The molecular weight excluding hydrogens is 1020 g/mol. The summed E-state index contributed by atoms with van der Waals surface area (Å²) in [4.78, 5) is 35.8. The van der Waals surface area contributed by atoms with Gasteiger partial charge in [0.1, 0.15) is 5.75 Å². The highest BCUT2D eigenvalue weighted by Crippen LogP contribution is 2.36. The van der Waals surface area contributed by atoms with Crippen LogP contribution in [0.2, 0.25) is 0 Å². The van der Waals surface area contributed by atoms with E-state index in [4.69, 9.17) is 14.8 Å². The topological polar surface area (TPSA) is 176 Å². The van der Waals surface area contributed by atoms with Crippen molar-refractivity contribution in [3.8, 4) is 5.75 Å². The van der Waals surface area contributed by atoms with Crippen LogP contribution in [0.3, 0.4) is 0 Å². The van der Waals surface area contributed by atoms with Gasteiger partial charge < -0.3 is 31.3 Å². The third kappa shape index (κ3) is 13.6. The maximum Gasteiger partial charge on any atom is 0.255 e. The van der Waals surface area contributed by atoms with Gasteiger partial charge in [-0.1, -0.05) is 115 Å². The Hall–Kier alpha value is -8.52. The molecule has 0 aliphatic heterocycles. The van der Waals surface area contributed by atoms with E-state index in [1.54, 1.807) is 13.3 Å². The van der Waals surface area contributed by atoms with Crippen LogP contribution in [0.15, 0.2) is 128 Å². The number of aromatic amines is 1. The first-order chi connectivity index (χ1) is 39.8. The van der Waals surface area contributed by atoms with Crippen LogP contribution < -0.4 is 31.3 Å². The fraction of sp³-hybridized carbons (Fsp3) is 0.353. The van der Waals surface area contributed by atoms with E-state index in [0.29, 0.717) is 48.0 Å². The van der Waals surface area contributed by atoms with Gasteiger partial charge in [0, 0.05) is 59.1 Å². The number of ether oxygens (including phenoxy) is 1. The number of carbonyl (C=O) groups excluding carboxylic acids is 2. The van der Waals surface area contributed by atoms with Gasteiger partial charge in [-0.3, -0.25) is 14.7 Å². The van der Waals surface area contributed by atoms with Gasteiger partial charge in [-0.2, -0.15) is 10.2 Å². The fourth-order valence-electron chi connectivity index (χ4n) is 12.1. The molecule has 4 heterocycles. The molecule has 11 rings (SSSR count). The second-order valence-corrected chi connectivity index (χ2v) is 23.0. The van der Waals surface area contributed by atoms with E-state index in [1.807, 2.05) is 95.8 Å². The number of nitrogens with zero attached hydrogens (tertiary/aromatic N) is 5. The van der Waals surface area contributed by atoms with E-state index < -0.39 is 0 Å². The maximum atomic E-state index is 13.5. The van der Waals surface area contributed by atoms with Crippen LogP contribution in [-0.4, -0.2) is 60.8 Å². The summed E-state index contributed by atoms with van der Waals surface area (Å²) in [5.74, 6) is 3.36. The van der Waals surface area contributed by atoms with Crippen molar-refractivity contribution in [3.05, 3.63) is 178 Å². The number of carbonyl (C=O) groups is 2. The van der Waals surface area contributed by atoms with Crippen molar-refractivity contribution >= 4 is 73.8 Å². The molecule has 2 aliphatic carbocycles. The number of fused-ring (bicyclic) bond motifs is 2. The van der Waals surface area contributed by atoms with Crippen molar-refractivity contribution in [1.29, 1.82) is 0 Å². The Morgan fingerprint density at radius 2 is 1.23 bits per heavy atom. The molecule has 5 aromatic carbocycles. The van der Waals surface area contributed by atoms with E-state index in [1.165, 1.54) is 66.3 Å². The van der Waals surface area contributed by atoms with E-state index in [0.717, 1.165) is 105 Å². The molecule has 14 heteroatoms. The van der Waals surface area contributed by atoms with Crippen LogP contribution in [0.4, 0.5) is 40.1 Å². The van der Waals surface area contributed by atoms with Crippen LogP contribution in [0.1, 0.15) is 163 Å². The molecule has 4 aromatic heterocycles. The van der Waals surface area contributed by atoms with Crippen LogP contribution in [0, 0.1) is 20.8 Å². The van der Waals surface area contributed by atoms with Gasteiger partial charge in [-0.25, -0.2) is 14.6 Å². The van der Waals surface area contributed by atoms with Gasteiger partial charge in [0.15, 0.2) is 28.7 Å².